The third kappa shape index (κ3) is 3.45. The van der Waals surface area contributed by atoms with Gasteiger partial charge >= 0.3 is 0 Å². The van der Waals surface area contributed by atoms with Crippen LogP contribution in [0.25, 0.3) is 0 Å². The van der Waals surface area contributed by atoms with E-state index in [1.54, 1.807) is 0 Å². The maximum atomic E-state index is 5.82. The first-order chi connectivity index (χ1) is 8.29. The molecule has 3 nitrogen and oxygen atoms in total. The molecule has 0 unspecified atom stereocenters. The van der Waals surface area contributed by atoms with Crippen LogP contribution in [0.4, 0.5) is 5.69 Å². The van der Waals surface area contributed by atoms with Gasteiger partial charge in [-0.2, -0.15) is 0 Å². The summed E-state index contributed by atoms with van der Waals surface area (Å²) in [5.41, 5.74) is 7.97. The molecule has 0 radical (unpaired) electrons. The van der Waals surface area contributed by atoms with E-state index in [2.05, 4.69) is 24.0 Å². The van der Waals surface area contributed by atoms with Crippen molar-refractivity contribution in [1.29, 1.82) is 0 Å². The molecule has 1 fully saturated rings. The van der Waals surface area contributed by atoms with Gasteiger partial charge in [0.15, 0.2) is 0 Å². The van der Waals surface area contributed by atoms with Gasteiger partial charge in [0.05, 0.1) is 0 Å². The summed E-state index contributed by atoms with van der Waals surface area (Å²) in [5, 5.41) is 0. The molecule has 1 aromatic carbocycles. The van der Waals surface area contributed by atoms with Crippen molar-refractivity contribution in [3.63, 3.8) is 0 Å². The molecule has 0 amide bonds. The second kappa shape index (κ2) is 6.03. The summed E-state index contributed by atoms with van der Waals surface area (Å²) in [6.45, 7) is 6.10. The van der Waals surface area contributed by atoms with Crippen molar-refractivity contribution in [1.82, 2.24) is 4.90 Å². The largest absolute Gasteiger partial charge is 0.399 e. The Morgan fingerprint density at radius 1 is 1.35 bits per heavy atom. The molecule has 0 bridgehead atoms. The highest BCUT2D eigenvalue weighted by Gasteiger charge is 2.20. The van der Waals surface area contributed by atoms with Crippen molar-refractivity contribution in [3.05, 3.63) is 29.8 Å². The highest BCUT2D eigenvalue weighted by Crippen LogP contribution is 2.18. The van der Waals surface area contributed by atoms with E-state index in [1.807, 2.05) is 12.1 Å². The maximum absolute atomic E-state index is 5.82. The molecule has 1 aliphatic rings. The second-order valence-corrected chi connectivity index (χ2v) is 4.65. The molecule has 0 aliphatic carbocycles. The summed E-state index contributed by atoms with van der Waals surface area (Å²) >= 11 is 0. The molecule has 94 valence electrons. The van der Waals surface area contributed by atoms with Crippen LogP contribution in [0, 0.1) is 0 Å². The van der Waals surface area contributed by atoms with Crippen LogP contribution >= 0.6 is 0 Å². The predicted molar refractivity (Wildman–Crippen MR) is 70.8 cm³/mol. The predicted octanol–water partition coefficient (Wildman–Crippen LogP) is 2.27. The summed E-state index contributed by atoms with van der Waals surface area (Å²) in [6, 6.07) is 8.85. The highest BCUT2D eigenvalue weighted by molar-refractivity contribution is 5.40. The lowest BCUT2D eigenvalue weighted by Crippen LogP contribution is -2.38. The molecule has 0 atom stereocenters. The Bertz CT molecular complexity index is 348. The average molecular weight is 234 g/mol. The Morgan fingerprint density at radius 3 is 2.76 bits per heavy atom. The number of nitrogen functional groups attached to an aromatic ring is 1. The Morgan fingerprint density at radius 2 is 2.12 bits per heavy atom. The summed E-state index contributed by atoms with van der Waals surface area (Å²) in [5.74, 6) is 0. The number of ether oxygens (including phenoxy) is 1. The third-order valence-corrected chi connectivity index (χ3v) is 3.45. The summed E-state index contributed by atoms with van der Waals surface area (Å²) < 4.78 is 5.42. The smallest absolute Gasteiger partial charge is 0.0480 e. The fourth-order valence-electron chi connectivity index (χ4n) is 2.48. The van der Waals surface area contributed by atoms with E-state index < -0.39 is 0 Å². The van der Waals surface area contributed by atoms with Crippen molar-refractivity contribution in [3.8, 4) is 0 Å². The van der Waals surface area contributed by atoms with Crippen LogP contribution in [0.1, 0.15) is 25.3 Å². The van der Waals surface area contributed by atoms with Crippen molar-refractivity contribution in [2.45, 2.75) is 32.4 Å². The fourth-order valence-corrected chi connectivity index (χ4v) is 2.48. The molecule has 1 aromatic rings. The van der Waals surface area contributed by atoms with Crippen LogP contribution in [0.2, 0.25) is 0 Å². The van der Waals surface area contributed by atoms with Gasteiger partial charge in [0, 0.05) is 31.5 Å². The number of nitrogens with two attached hydrogens (primary N) is 1. The molecule has 2 rings (SSSR count). The molecule has 1 aliphatic heterocycles. The normalized spacial score (nSPS) is 17.5. The van der Waals surface area contributed by atoms with Gasteiger partial charge in [-0.1, -0.05) is 19.1 Å². The molecule has 1 saturated heterocycles. The standard InChI is InChI=1S/C14H22N2O/c1-2-16(14-6-8-17-9-7-14)11-12-4-3-5-13(15)10-12/h3-5,10,14H,2,6-9,11,15H2,1H3. The van der Waals surface area contributed by atoms with Crippen LogP contribution < -0.4 is 5.73 Å². The van der Waals surface area contributed by atoms with Gasteiger partial charge in [-0.05, 0) is 37.1 Å². The van der Waals surface area contributed by atoms with Gasteiger partial charge in [-0.3, -0.25) is 4.90 Å². The minimum absolute atomic E-state index is 0.662. The highest BCUT2D eigenvalue weighted by atomic mass is 16.5. The van der Waals surface area contributed by atoms with Gasteiger partial charge in [0.1, 0.15) is 0 Å². The fraction of sp³-hybridized carbons (Fsp3) is 0.571. The number of hydrogen-bond acceptors (Lipinski definition) is 3. The Kier molecular flexibility index (Phi) is 4.40. The van der Waals surface area contributed by atoms with E-state index in [9.17, 15) is 0 Å². The van der Waals surface area contributed by atoms with E-state index in [0.717, 1.165) is 44.8 Å². The number of benzene rings is 1. The van der Waals surface area contributed by atoms with Gasteiger partial charge in [-0.25, -0.2) is 0 Å². The quantitative estimate of drug-likeness (QED) is 0.812. The average Bonchev–Trinajstić information content (AvgIpc) is 2.37. The Balaban J connectivity index is 1.98. The number of hydrogen-bond donors (Lipinski definition) is 1. The SMILES string of the molecule is CCN(Cc1cccc(N)c1)C1CCOCC1. The van der Waals surface area contributed by atoms with Gasteiger partial charge in [-0.15, -0.1) is 0 Å². The molecule has 0 aromatic heterocycles. The zero-order valence-corrected chi connectivity index (χ0v) is 10.6. The molecule has 1 heterocycles. The monoisotopic (exact) mass is 234 g/mol. The zero-order valence-electron chi connectivity index (χ0n) is 10.6. The lowest BCUT2D eigenvalue weighted by atomic mass is 10.1. The van der Waals surface area contributed by atoms with Crippen LogP contribution in [-0.4, -0.2) is 30.7 Å². The topological polar surface area (TPSA) is 38.5 Å². The van der Waals surface area contributed by atoms with Crippen molar-refractivity contribution < 1.29 is 4.74 Å². The third-order valence-electron chi connectivity index (χ3n) is 3.45. The summed E-state index contributed by atoms with van der Waals surface area (Å²) in [7, 11) is 0. The van der Waals surface area contributed by atoms with E-state index in [0.29, 0.717) is 6.04 Å². The molecule has 17 heavy (non-hydrogen) atoms. The molecule has 3 heteroatoms. The van der Waals surface area contributed by atoms with E-state index in [4.69, 9.17) is 10.5 Å². The number of nitrogens with zero attached hydrogens (tertiary/aromatic N) is 1. The van der Waals surface area contributed by atoms with Gasteiger partial charge < -0.3 is 10.5 Å². The first kappa shape index (κ1) is 12.4. The zero-order chi connectivity index (χ0) is 12.1. The number of rotatable bonds is 4. The van der Waals surface area contributed by atoms with Crippen LogP contribution in [0.5, 0.6) is 0 Å². The van der Waals surface area contributed by atoms with Gasteiger partial charge in [0.2, 0.25) is 0 Å². The van der Waals surface area contributed by atoms with E-state index >= 15 is 0 Å². The first-order valence-corrected chi connectivity index (χ1v) is 6.46. The molecular formula is C14H22N2O. The minimum atomic E-state index is 0.662. The van der Waals surface area contributed by atoms with E-state index in [1.165, 1.54) is 5.56 Å². The lowest BCUT2D eigenvalue weighted by molar-refractivity contribution is 0.0330. The molecule has 2 N–H and O–H groups in total. The van der Waals surface area contributed by atoms with E-state index in [-0.39, 0.29) is 0 Å². The van der Waals surface area contributed by atoms with Gasteiger partial charge in [0.25, 0.3) is 0 Å². The Labute approximate surface area is 104 Å². The van der Waals surface area contributed by atoms with Crippen LogP contribution in [0.3, 0.4) is 0 Å². The van der Waals surface area contributed by atoms with Crippen LogP contribution in [-0.2, 0) is 11.3 Å². The van der Waals surface area contributed by atoms with Crippen molar-refractivity contribution in [2.75, 3.05) is 25.5 Å². The van der Waals surface area contributed by atoms with Crippen molar-refractivity contribution in [2.24, 2.45) is 0 Å². The summed E-state index contributed by atoms with van der Waals surface area (Å²) in [6.07, 6.45) is 2.30. The number of anilines is 1. The molecule has 0 spiro atoms. The van der Waals surface area contributed by atoms with Crippen molar-refractivity contribution >= 4 is 5.69 Å². The molecule has 0 saturated carbocycles. The minimum Gasteiger partial charge on any atom is -0.399 e. The van der Waals surface area contributed by atoms with Crippen LogP contribution in [0.15, 0.2) is 24.3 Å². The second-order valence-electron chi connectivity index (χ2n) is 4.65. The summed E-state index contributed by atoms with van der Waals surface area (Å²) in [4.78, 5) is 2.53. The Hall–Kier alpha value is -1.06. The first-order valence-electron chi connectivity index (χ1n) is 6.46. The maximum Gasteiger partial charge on any atom is 0.0480 e. The molecular weight excluding hydrogens is 212 g/mol. The lowest BCUT2D eigenvalue weighted by Gasteiger charge is -2.33.